The summed E-state index contributed by atoms with van der Waals surface area (Å²) in [7, 11) is 1.63. The molecule has 2 atom stereocenters. The van der Waals surface area contributed by atoms with Crippen LogP contribution in [0.25, 0.3) is 0 Å². The standard InChI is InChI=1S/C20H33N3O3/c1-5-23(6-2)11-12-26-19-14-17(7-8-18(19)25-4)22-20(24)16-9-10-21-15(3)13-16/h7-8,14-16,21H,5-6,9-13H2,1-4H3,(H,22,24)/t15-,16-/m0/s1. The molecule has 0 aliphatic carbocycles. The van der Waals surface area contributed by atoms with Crippen LogP contribution in [0.4, 0.5) is 5.69 Å². The summed E-state index contributed by atoms with van der Waals surface area (Å²) >= 11 is 0. The lowest BCUT2D eigenvalue weighted by atomic mass is 9.92. The molecule has 26 heavy (non-hydrogen) atoms. The Kier molecular flexibility index (Phi) is 8.19. The van der Waals surface area contributed by atoms with Gasteiger partial charge in [0.15, 0.2) is 11.5 Å². The predicted octanol–water partition coefficient (Wildman–Crippen LogP) is 2.74. The lowest BCUT2D eigenvalue weighted by Crippen LogP contribution is -2.40. The summed E-state index contributed by atoms with van der Waals surface area (Å²) < 4.78 is 11.3. The number of methoxy groups -OCH3 is 1. The van der Waals surface area contributed by atoms with Crippen LogP contribution >= 0.6 is 0 Å². The monoisotopic (exact) mass is 363 g/mol. The second kappa shape index (κ2) is 10.4. The number of ether oxygens (including phenoxy) is 2. The number of hydrogen-bond donors (Lipinski definition) is 2. The molecule has 6 nitrogen and oxygen atoms in total. The number of carbonyl (C=O) groups excluding carboxylic acids is 1. The summed E-state index contributed by atoms with van der Waals surface area (Å²) in [5.41, 5.74) is 0.750. The minimum Gasteiger partial charge on any atom is -0.493 e. The number of benzene rings is 1. The summed E-state index contributed by atoms with van der Waals surface area (Å²) in [6.07, 6.45) is 1.74. The first kappa shape index (κ1) is 20.5. The second-order valence-electron chi connectivity index (χ2n) is 6.81. The Balaban J connectivity index is 1.97. The van der Waals surface area contributed by atoms with Crippen LogP contribution in [-0.4, -0.2) is 56.7 Å². The van der Waals surface area contributed by atoms with Crippen LogP contribution in [0.2, 0.25) is 0 Å². The van der Waals surface area contributed by atoms with E-state index in [1.165, 1.54) is 0 Å². The molecule has 2 rings (SSSR count). The summed E-state index contributed by atoms with van der Waals surface area (Å²) in [5.74, 6) is 1.48. The fraction of sp³-hybridized carbons (Fsp3) is 0.650. The molecule has 1 amide bonds. The van der Waals surface area contributed by atoms with Gasteiger partial charge in [-0.1, -0.05) is 13.8 Å². The van der Waals surface area contributed by atoms with Gasteiger partial charge in [-0.2, -0.15) is 0 Å². The van der Waals surface area contributed by atoms with E-state index in [0.29, 0.717) is 24.1 Å². The zero-order valence-electron chi connectivity index (χ0n) is 16.5. The Morgan fingerprint density at radius 2 is 2.08 bits per heavy atom. The van der Waals surface area contributed by atoms with Gasteiger partial charge in [-0.05, 0) is 51.5 Å². The molecular formula is C20H33N3O3. The Labute approximate surface area is 157 Å². The Hall–Kier alpha value is -1.79. The number of piperidine rings is 1. The smallest absolute Gasteiger partial charge is 0.227 e. The first-order valence-corrected chi connectivity index (χ1v) is 9.64. The van der Waals surface area contributed by atoms with Crippen LogP contribution in [0.1, 0.15) is 33.6 Å². The minimum absolute atomic E-state index is 0.0559. The average molecular weight is 364 g/mol. The third-order valence-corrected chi connectivity index (χ3v) is 4.99. The van der Waals surface area contributed by atoms with Crippen molar-refractivity contribution < 1.29 is 14.3 Å². The van der Waals surface area contributed by atoms with Crippen molar-refractivity contribution in [3.63, 3.8) is 0 Å². The molecule has 0 saturated carbocycles. The van der Waals surface area contributed by atoms with Crippen LogP contribution in [0.15, 0.2) is 18.2 Å². The molecule has 1 fully saturated rings. The highest BCUT2D eigenvalue weighted by atomic mass is 16.5. The Morgan fingerprint density at radius 3 is 2.73 bits per heavy atom. The van der Waals surface area contributed by atoms with E-state index in [2.05, 4.69) is 36.3 Å². The van der Waals surface area contributed by atoms with Crippen molar-refractivity contribution in [2.45, 2.75) is 39.7 Å². The molecule has 1 heterocycles. The number of likely N-dealkylation sites (N-methyl/N-ethyl adjacent to an activating group) is 1. The van der Waals surface area contributed by atoms with Crippen LogP contribution in [0.5, 0.6) is 11.5 Å². The topological polar surface area (TPSA) is 62.8 Å². The summed E-state index contributed by atoms with van der Waals surface area (Å²) in [5, 5.41) is 6.41. The maximum absolute atomic E-state index is 12.5. The normalized spacial score (nSPS) is 20.0. The van der Waals surface area contributed by atoms with Crippen molar-refractivity contribution in [2.75, 3.05) is 45.2 Å². The van der Waals surface area contributed by atoms with E-state index in [1.54, 1.807) is 7.11 Å². The highest BCUT2D eigenvalue weighted by molar-refractivity contribution is 5.93. The number of anilines is 1. The molecule has 0 radical (unpaired) electrons. The van der Waals surface area contributed by atoms with Gasteiger partial charge in [0.05, 0.1) is 7.11 Å². The molecule has 146 valence electrons. The van der Waals surface area contributed by atoms with Gasteiger partial charge in [-0.3, -0.25) is 4.79 Å². The van der Waals surface area contributed by atoms with Gasteiger partial charge in [0.2, 0.25) is 5.91 Å². The van der Waals surface area contributed by atoms with E-state index >= 15 is 0 Å². The molecule has 0 aromatic heterocycles. The van der Waals surface area contributed by atoms with Crippen molar-refractivity contribution in [1.29, 1.82) is 0 Å². The molecule has 2 N–H and O–H groups in total. The summed E-state index contributed by atoms with van der Waals surface area (Å²) in [4.78, 5) is 14.8. The van der Waals surface area contributed by atoms with Crippen LogP contribution in [0, 0.1) is 5.92 Å². The second-order valence-corrected chi connectivity index (χ2v) is 6.81. The number of rotatable bonds is 9. The first-order valence-electron chi connectivity index (χ1n) is 9.64. The molecule has 1 aliphatic rings. The zero-order chi connectivity index (χ0) is 18.9. The van der Waals surface area contributed by atoms with Crippen molar-refractivity contribution >= 4 is 11.6 Å². The molecule has 0 bridgehead atoms. The van der Waals surface area contributed by atoms with Crippen molar-refractivity contribution in [2.24, 2.45) is 5.92 Å². The maximum atomic E-state index is 12.5. The number of amides is 1. The molecule has 0 spiro atoms. The van der Waals surface area contributed by atoms with Crippen LogP contribution in [-0.2, 0) is 4.79 Å². The van der Waals surface area contributed by atoms with E-state index in [-0.39, 0.29) is 11.8 Å². The van der Waals surface area contributed by atoms with Gasteiger partial charge >= 0.3 is 0 Å². The van der Waals surface area contributed by atoms with Gasteiger partial charge in [-0.15, -0.1) is 0 Å². The van der Waals surface area contributed by atoms with E-state index in [9.17, 15) is 4.79 Å². The van der Waals surface area contributed by atoms with E-state index in [1.807, 2.05) is 18.2 Å². The van der Waals surface area contributed by atoms with Crippen molar-refractivity contribution in [3.8, 4) is 11.5 Å². The number of carbonyl (C=O) groups is 1. The van der Waals surface area contributed by atoms with E-state index in [0.717, 1.165) is 44.7 Å². The number of hydrogen-bond acceptors (Lipinski definition) is 5. The molecule has 1 saturated heterocycles. The lowest BCUT2D eigenvalue weighted by molar-refractivity contribution is -0.120. The van der Waals surface area contributed by atoms with Gasteiger partial charge in [0.1, 0.15) is 6.61 Å². The van der Waals surface area contributed by atoms with E-state index < -0.39 is 0 Å². The van der Waals surface area contributed by atoms with Gasteiger partial charge in [-0.25, -0.2) is 0 Å². The van der Waals surface area contributed by atoms with Gasteiger partial charge in [0, 0.05) is 30.3 Å². The largest absolute Gasteiger partial charge is 0.493 e. The van der Waals surface area contributed by atoms with Crippen molar-refractivity contribution in [3.05, 3.63) is 18.2 Å². The quantitative estimate of drug-likeness (QED) is 0.706. The third-order valence-electron chi connectivity index (χ3n) is 4.99. The first-order chi connectivity index (χ1) is 12.6. The Morgan fingerprint density at radius 1 is 1.31 bits per heavy atom. The zero-order valence-corrected chi connectivity index (χ0v) is 16.5. The molecule has 0 unspecified atom stereocenters. The van der Waals surface area contributed by atoms with Gasteiger partial charge in [0.25, 0.3) is 0 Å². The van der Waals surface area contributed by atoms with Crippen LogP contribution < -0.4 is 20.1 Å². The average Bonchev–Trinajstić information content (AvgIpc) is 2.65. The predicted molar refractivity (Wildman–Crippen MR) is 105 cm³/mol. The lowest BCUT2D eigenvalue weighted by Gasteiger charge is -2.27. The fourth-order valence-corrected chi connectivity index (χ4v) is 3.31. The maximum Gasteiger partial charge on any atom is 0.227 e. The summed E-state index contributed by atoms with van der Waals surface area (Å²) in [6, 6.07) is 5.93. The van der Waals surface area contributed by atoms with Crippen LogP contribution in [0.3, 0.4) is 0 Å². The summed E-state index contributed by atoms with van der Waals surface area (Å²) in [6.45, 7) is 10.7. The molecule has 1 aliphatic heterocycles. The fourth-order valence-electron chi connectivity index (χ4n) is 3.31. The van der Waals surface area contributed by atoms with E-state index in [4.69, 9.17) is 9.47 Å². The van der Waals surface area contributed by atoms with Crippen molar-refractivity contribution in [1.82, 2.24) is 10.2 Å². The SMILES string of the molecule is CCN(CC)CCOc1cc(NC(=O)[C@H]2CCN[C@@H](C)C2)ccc1OC. The minimum atomic E-state index is 0.0559. The number of nitrogens with zero attached hydrogens (tertiary/aromatic N) is 1. The molecule has 1 aromatic rings. The highest BCUT2D eigenvalue weighted by Crippen LogP contribution is 2.31. The van der Waals surface area contributed by atoms with Gasteiger partial charge < -0.3 is 25.0 Å². The third kappa shape index (κ3) is 5.88. The molecular weight excluding hydrogens is 330 g/mol. The highest BCUT2D eigenvalue weighted by Gasteiger charge is 2.24. The molecule has 1 aromatic carbocycles. The number of nitrogens with one attached hydrogen (secondary N) is 2. The molecule has 6 heteroatoms. The Bertz CT molecular complexity index is 575.